The van der Waals surface area contributed by atoms with E-state index in [1.807, 2.05) is 36.6 Å². The van der Waals surface area contributed by atoms with Crippen LogP contribution in [0.15, 0.2) is 30.3 Å². The summed E-state index contributed by atoms with van der Waals surface area (Å²) >= 11 is 0. The maximum Gasteiger partial charge on any atom is 0.198 e. The van der Waals surface area contributed by atoms with E-state index in [-0.39, 0.29) is 5.92 Å². The summed E-state index contributed by atoms with van der Waals surface area (Å²) < 4.78 is 0. The molecule has 0 saturated heterocycles. The summed E-state index contributed by atoms with van der Waals surface area (Å²) in [6, 6.07) is 10.1. The van der Waals surface area contributed by atoms with E-state index >= 15 is 0 Å². The summed E-state index contributed by atoms with van der Waals surface area (Å²) in [5.41, 5.74) is 6.76. The van der Waals surface area contributed by atoms with Crippen molar-refractivity contribution in [2.24, 2.45) is 11.7 Å². The number of nitrogens with two attached hydrogens (primary N) is 1. The van der Waals surface area contributed by atoms with Crippen molar-refractivity contribution in [3.8, 4) is 0 Å². The highest BCUT2D eigenvalue weighted by molar-refractivity contribution is 5.50. The van der Waals surface area contributed by atoms with Gasteiger partial charge in [-0.1, -0.05) is 30.3 Å². The quantitative estimate of drug-likeness (QED) is 0.735. The molecule has 0 aliphatic heterocycles. The number of hydrogen-bond donors (Lipinski definition) is 1. The van der Waals surface area contributed by atoms with Crippen LogP contribution in [0, 0.1) is 5.92 Å². The SMILES string of the molecule is NCC(C[C]=O)Cc1ccccc1. The van der Waals surface area contributed by atoms with Gasteiger partial charge < -0.3 is 5.73 Å². The van der Waals surface area contributed by atoms with E-state index < -0.39 is 0 Å². The van der Waals surface area contributed by atoms with Crippen LogP contribution >= 0.6 is 0 Å². The van der Waals surface area contributed by atoms with Crippen molar-refractivity contribution in [3.63, 3.8) is 0 Å². The Morgan fingerprint density at radius 2 is 2.00 bits per heavy atom. The predicted octanol–water partition coefficient (Wildman–Crippen LogP) is 1.30. The Morgan fingerprint density at radius 3 is 2.54 bits per heavy atom. The van der Waals surface area contributed by atoms with Crippen molar-refractivity contribution in [2.45, 2.75) is 12.8 Å². The molecule has 2 N–H and O–H groups in total. The lowest BCUT2D eigenvalue weighted by Gasteiger charge is -2.10. The zero-order valence-corrected chi connectivity index (χ0v) is 7.57. The average Bonchev–Trinajstić information content (AvgIpc) is 2.19. The molecule has 2 heteroatoms. The van der Waals surface area contributed by atoms with E-state index in [4.69, 9.17) is 5.73 Å². The summed E-state index contributed by atoms with van der Waals surface area (Å²) in [4.78, 5) is 10.2. The van der Waals surface area contributed by atoms with E-state index in [0.29, 0.717) is 13.0 Å². The molecule has 1 radical (unpaired) electrons. The van der Waals surface area contributed by atoms with Gasteiger partial charge in [-0.2, -0.15) is 0 Å². The van der Waals surface area contributed by atoms with E-state index in [0.717, 1.165) is 6.42 Å². The Labute approximate surface area is 78.8 Å². The van der Waals surface area contributed by atoms with E-state index in [1.54, 1.807) is 0 Å². The summed E-state index contributed by atoms with van der Waals surface area (Å²) in [7, 11) is 0. The molecule has 1 atom stereocenters. The van der Waals surface area contributed by atoms with E-state index in [9.17, 15) is 4.79 Å². The third kappa shape index (κ3) is 3.38. The molecule has 0 spiro atoms. The van der Waals surface area contributed by atoms with Crippen molar-refractivity contribution in [1.29, 1.82) is 0 Å². The molecule has 0 bridgehead atoms. The van der Waals surface area contributed by atoms with Gasteiger partial charge in [0.1, 0.15) is 0 Å². The molecule has 0 aliphatic carbocycles. The summed E-state index contributed by atoms with van der Waals surface area (Å²) in [6.07, 6.45) is 3.21. The lowest BCUT2D eigenvalue weighted by atomic mass is 9.97. The minimum absolute atomic E-state index is 0.236. The monoisotopic (exact) mass is 176 g/mol. The molecule has 2 nitrogen and oxygen atoms in total. The second kappa shape index (κ2) is 5.49. The highest BCUT2D eigenvalue weighted by Gasteiger charge is 2.06. The fourth-order valence-electron chi connectivity index (χ4n) is 1.30. The van der Waals surface area contributed by atoms with Gasteiger partial charge in [-0.05, 0) is 24.4 Å². The average molecular weight is 176 g/mol. The van der Waals surface area contributed by atoms with Crippen LogP contribution in [0.4, 0.5) is 0 Å². The van der Waals surface area contributed by atoms with Crippen LogP contribution in [-0.2, 0) is 11.2 Å². The molecule has 1 aromatic rings. The Morgan fingerprint density at radius 1 is 1.31 bits per heavy atom. The minimum atomic E-state index is 0.236. The van der Waals surface area contributed by atoms with Crippen molar-refractivity contribution in [1.82, 2.24) is 0 Å². The van der Waals surface area contributed by atoms with Crippen LogP contribution in [0.1, 0.15) is 12.0 Å². The number of hydrogen-bond acceptors (Lipinski definition) is 2. The molecule has 69 valence electrons. The normalized spacial score (nSPS) is 12.4. The lowest BCUT2D eigenvalue weighted by Crippen LogP contribution is -2.17. The summed E-state index contributed by atoms with van der Waals surface area (Å²) in [5, 5.41) is 0. The Bertz CT molecular complexity index is 246. The first-order valence-electron chi connectivity index (χ1n) is 4.45. The van der Waals surface area contributed by atoms with Gasteiger partial charge in [-0.15, -0.1) is 0 Å². The first-order chi connectivity index (χ1) is 6.36. The van der Waals surface area contributed by atoms with Crippen LogP contribution in [-0.4, -0.2) is 12.8 Å². The van der Waals surface area contributed by atoms with Crippen molar-refractivity contribution in [2.75, 3.05) is 6.54 Å². The first-order valence-corrected chi connectivity index (χ1v) is 4.45. The fourth-order valence-corrected chi connectivity index (χ4v) is 1.30. The number of carbonyl (C=O) groups excluding carboxylic acids is 1. The number of rotatable bonds is 5. The molecular formula is C11H14NO. The standard InChI is InChI=1S/C11H14NO/c12-9-11(6-7-13)8-10-4-2-1-3-5-10/h1-5,11H,6,8-9,12H2. The zero-order chi connectivity index (χ0) is 9.52. The van der Waals surface area contributed by atoms with Crippen LogP contribution in [0.3, 0.4) is 0 Å². The molecule has 0 aromatic heterocycles. The topological polar surface area (TPSA) is 43.1 Å². The summed E-state index contributed by atoms with van der Waals surface area (Å²) in [6.45, 7) is 0.546. The summed E-state index contributed by atoms with van der Waals surface area (Å²) in [5.74, 6) is 0.236. The van der Waals surface area contributed by atoms with Crippen LogP contribution < -0.4 is 5.73 Å². The van der Waals surface area contributed by atoms with Gasteiger partial charge in [-0.3, -0.25) is 4.79 Å². The second-order valence-corrected chi connectivity index (χ2v) is 3.14. The van der Waals surface area contributed by atoms with Crippen LogP contribution in [0.25, 0.3) is 0 Å². The van der Waals surface area contributed by atoms with Gasteiger partial charge in [0, 0.05) is 6.42 Å². The Kier molecular flexibility index (Phi) is 4.19. The first kappa shape index (κ1) is 9.93. The van der Waals surface area contributed by atoms with Gasteiger partial charge in [0.15, 0.2) is 6.29 Å². The maximum absolute atomic E-state index is 10.2. The largest absolute Gasteiger partial charge is 0.330 e. The molecule has 0 amide bonds. The van der Waals surface area contributed by atoms with Gasteiger partial charge in [0.05, 0.1) is 0 Å². The van der Waals surface area contributed by atoms with Crippen molar-refractivity contribution >= 4 is 6.29 Å². The van der Waals surface area contributed by atoms with Crippen LogP contribution in [0.5, 0.6) is 0 Å². The van der Waals surface area contributed by atoms with Gasteiger partial charge in [0.2, 0.25) is 0 Å². The minimum Gasteiger partial charge on any atom is -0.330 e. The molecule has 0 fully saturated rings. The second-order valence-electron chi connectivity index (χ2n) is 3.14. The van der Waals surface area contributed by atoms with E-state index in [1.165, 1.54) is 5.56 Å². The highest BCUT2D eigenvalue weighted by atomic mass is 16.1. The third-order valence-electron chi connectivity index (χ3n) is 2.07. The van der Waals surface area contributed by atoms with Crippen molar-refractivity contribution in [3.05, 3.63) is 35.9 Å². The van der Waals surface area contributed by atoms with Gasteiger partial charge in [0.25, 0.3) is 0 Å². The highest BCUT2D eigenvalue weighted by Crippen LogP contribution is 2.09. The van der Waals surface area contributed by atoms with Crippen LogP contribution in [0.2, 0.25) is 0 Å². The Balaban J connectivity index is 2.51. The maximum atomic E-state index is 10.2. The molecular weight excluding hydrogens is 162 g/mol. The van der Waals surface area contributed by atoms with E-state index in [2.05, 4.69) is 0 Å². The molecule has 0 heterocycles. The molecule has 1 rings (SSSR count). The zero-order valence-electron chi connectivity index (χ0n) is 7.57. The molecule has 0 aliphatic rings. The van der Waals surface area contributed by atoms with Gasteiger partial charge in [-0.25, -0.2) is 0 Å². The molecule has 13 heavy (non-hydrogen) atoms. The molecule has 1 aromatic carbocycles. The predicted molar refractivity (Wildman–Crippen MR) is 53.0 cm³/mol. The number of benzene rings is 1. The Hall–Kier alpha value is -1.15. The molecule has 0 saturated carbocycles. The fraction of sp³-hybridized carbons (Fsp3) is 0.364. The molecule has 1 unspecified atom stereocenters. The third-order valence-corrected chi connectivity index (χ3v) is 2.07. The lowest BCUT2D eigenvalue weighted by molar-refractivity contribution is 0.505. The van der Waals surface area contributed by atoms with Gasteiger partial charge >= 0.3 is 0 Å². The van der Waals surface area contributed by atoms with Crippen molar-refractivity contribution < 1.29 is 4.79 Å². The smallest absolute Gasteiger partial charge is 0.198 e.